The number of carbonyl (C=O) groups excluding carboxylic acids is 1. The van der Waals surface area contributed by atoms with E-state index < -0.39 is 0 Å². The molecule has 0 saturated heterocycles. The highest BCUT2D eigenvalue weighted by Gasteiger charge is 2.23. The molecule has 1 atom stereocenters. The molecule has 2 rings (SSSR count). The van der Waals surface area contributed by atoms with Crippen LogP contribution >= 0.6 is 0 Å². The van der Waals surface area contributed by atoms with Crippen LogP contribution in [-0.2, 0) is 9.63 Å². The molecule has 1 unspecified atom stereocenters. The van der Waals surface area contributed by atoms with Gasteiger partial charge in [0.05, 0.1) is 6.10 Å². The summed E-state index contributed by atoms with van der Waals surface area (Å²) in [6.45, 7) is 1.95. The molecule has 0 aromatic carbocycles. The van der Waals surface area contributed by atoms with Crippen LogP contribution in [0.25, 0.3) is 0 Å². The first-order valence-electron chi connectivity index (χ1n) is 5.76. The fraction of sp³-hybridized carbons (Fsp3) is 0.636. The molecular weight excluding hydrogens is 206 g/mol. The molecular formula is C11H17N3O2. The Balaban J connectivity index is 1.85. The van der Waals surface area contributed by atoms with E-state index in [0.29, 0.717) is 6.42 Å². The van der Waals surface area contributed by atoms with Gasteiger partial charge in [-0.1, -0.05) is 6.92 Å². The minimum Gasteiger partial charge on any atom is -0.270 e. The topological polar surface area (TPSA) is 56.1 Å². The number of hydroxylamine groups is 1. The Kier molecular flexibility index (Phi) is 3.56. The standard InChI is InChI=1S/C11H17N3O2/c1-2-10(14-8-4-7-12-14)11(15)13-16-9-5-3-6-9/h4,7-10H,2-3,5-6H2,1H3,(H,13,15). The lowest BCUT2D eigenvalue weighted by Gasteiger charge is -2.25. The van der Waals surface area contributed by atoms with Crippen molar-refractivity contribution in [3.05, 3.63) is 18.5 Å². The maximum atomic E-state index is 11.8. The highest BCUT2D eigenvalue weighted by atomic mass is 16.7. The molecule has 5 heteroatoms. The van der Waals surface area contributed by atoms with Gasteiger partial charge in [0.15, 0.2) is 0 Å². The van der Waals surface area contributed by atoms with Crippen LogP contribution in [0.5, 0.6) is 0 Å². The number of carbonyl (C=O) groups is 1. The molecule has 0 spiro atoms. The summed E-state index contributed by atoms with van der Waals surface area (Å²) < 4.78 is 1.65. The first-order chi connectivity index (χ1) is 7.81. The number of aromatic nitrogens is 2. The monoisotopic (exact) mass is 223 g/mol. The van der Waals surface area contributed by atoms with Gasteiger partial charge in [-0.15, -0.1) is 0 Å². The molecule has 1 aliphatic rings. The Hall–Kier alpha value is -1.36. The number of amides is 1. The number of hydrogen-bond acceptors (Lipinski definition) is 3. The predicted octanol–water partition coefficient (Wildman–Crippen LogP) is 1.43. The number of nitrogens with one attached hydrogen (secondary N) is 1. The molecule has 1 amide bonds. The molecule has 1 saturated carbocycles. The van der Waals surface area contributed by atoms with E-state index in [2.05, 4.69) is 10.6 Å². The van der Waals surface area contributed by atoms with Crippen LogP contribution in [0.4, 0.5) is 0 Å². The van der Waals surface area contributed by atoms with Crippen LogP contribution < -0.4 is 5.48 Å². The SMILES string of the molecule is CCC(C(=O)NOC1CCC1)n1cccn1. The molecule has 1 aromatic heterocycles. The van der Waals surface area contributed by atoms with Crippen molar-refractivity contribution in [3.8, 4) is 0 Å². The minimum atomic E-state index is -0.282. The normalized spacial score (nSPS) is 17.8. The molecule has 1 heterocycles. The van der Waals surface area contributed by atoms with E-state index in [1.165, 1.54) is 6.42 Å². The fourth-order valence-electron chi connectivity index (χ4n) is 1.66. The lowest BCUT2D eigenvalue weighted by Crippen LogP contribution is -2.37. The molecule has 16 heavy (non-hydrogen) atoms. The van der Waals surface area contributed by atoms with Crippen molar-refractivity contribution in [1.29, 1.82) is 0 Å². The molecule has 1 fully saturated rings. The van der Waals surface area contributed by atoms with Gasteiger partial charge in [0.1, 0.15) is 6.04 Å². The van der Waals surface area contributed by atoms with Crippen molar-refractivity contribution in [2.24, 2.45) is 0 Å². The Morgan fingerprint density at radius 2 is 2.50 bits per heavy atom. The second kappa shape index (κ2) is 5.12. The zero-order valence-electron chi connectivity index (χ0n) is 9.43. The average molecular weight is 223 g/mol. The second-order valence-corrected chi connectivity index (χ2v) is 4.05. The summed E-state index contributed by atoms with van der Waals surface area (Å²) in [5.41, 5.74) is 2.52. The van der Waals surface area contributed by atoms with Crippen LogP contribution in [-0.4, -0.2) is 21.8 Å². The smallest absolute Gasteiger partial charge is 0.268 e. The van der Waals surface area contributed by atoms with Crippen LogP contribution in [0.3, 0.4) is 0 Å². The van der Waals surface area contributed by atoms with E-state index in [-0.39, 0.29) is 18.1 Å². The quantitative estimate of drug-likeness (QED) is 0.768. The summed E-state index contributed by atoms with van der Waals surface area (Å²) in [6.07, 6.45) is 7.63. The summed E-state index contributed by atoms with van der Waals surface area (Å²) >= 11 is 0. The molecule has 1 aromatic rings. The highest BCUT2D eigenvalue weighted by Crippen LogP contribution is 2.21. The zero-order chi connectivity index (χ0) is 11.4. The van der Waals surface area contributed by atoms with E-state index in [1.54, 1.807) is 17.1 Å². The molecule has 1 aliphatic carbocycles. The third kappa shape index (κ3) is 2.41. The van der Waals surface area contributed by atoms with E-state index >= 15 is 0 Å². The lowest BCUT2D eigenvalue weighted by molar-refractivity contribution is -0.146. The van der Waals surface area contributed by atoms with Crippen molar-refractivity contribution < 1.29 is 9.63 Å². The maximum Gasteiger partial charge on any atom is 0.268 e. The van der Waals surface area contributed by atoms with Gasteiger partial charge < -0.3 is 0 Å². The van der Waals surface area contributed by atoms with E-state index in [1.807, 2.05) is 13.0 Å². The molecule has 5 nitrogen and oxygen atoms in total. The highest BCUT2D eigenvalue weighted by molar-refractivity contribution is 5.79. The van der Waals surface area contributed by atoms with Crippen LogP contribution in [0, 0.1) is 0 Å². The molecule has 0 aliphatic heterocycles. The van der Waals surface area contributed by atoms with Crippen molar-refractivity contribution in [2.75, 3.05) is 0 Å². The zero-order valence-corrected chi connectivity index (χ0v) is 9.43. The third-order valence-corrected chi connectivity index (χ3v) is 2.91. The first-order valence-corrected chi connectivity index (χ1v) is 5.76. The van der Waals surface area contributed by atoms with Crippen LogP contribution in [0.1, 0.15) is 38.6 Å². The molecule has 0 bridgehead atoms. The molecule has 88 valence electrons. The Labute approximate surface area is 94.7 Å². The number of rotatable bonds is 5. The van der Waals surface area contributed by atoms with Crippen molar-refractivity contribution in [2.45, 2.75) is 44.8 Å². The fourth-order valence-corrected chi connectivity index (χ4v) is 1.66. The maximum absolute atomic E-state index is 11.8. The Bertz CT molecular complexity index is 333. The second-order valence-electron chi connectivity index (χ2n) is 4.05. The van der Waals surface area contributed by atoms with Gasteiger partial charge in [0.2, 0.25) is 0 Å². The number of nitrogens with zero attached hydrogens (tertiary/aromatic N) is 2. The van der Waals surface area contributed by atoms with E-state index in [4.69, 9.17) is 4.84 Å². The summed E-state index contributed by atoms with van der Waals surface area (Å²) in [5, 5.41) is 4.07. The van der Waals surface area contributed by atoms with Gasteiger partial charge in [0, 0.05) is 12.4 Å². The Morgan fingerprint density at radius 3 is 3.00 bits per heavy atom. The van der Waals surface area contributed by atoms with Gasteiger partial charge in [-0.05, 0) is 31.7 Å². The van der Waals surface area contributed by atoms with Gasteiger partial charge in [-0.3, -0.25) is 14.3 Å². The van der Waals surface area contributed by atoms with Crippen molar-refractivity contribution >= 4 is 5.91 Å². The average Bonchev–Trinajstić information content (AvgIpc) is 2.70. The van der Waals surface area contributed by atoms with Crippen LogP contribution in [0.15, 0.2) is 18.5 Å². The molecule has 0 radical (unpaired) electrons. The van der Waals surface area contributed by atoms with Crippen LogP contribution in [0.2, 0.25) is 0 Å². The van der Waals surface area contributed by atoms with Gasteiger partial charge in [0.25, 0.3) is 5.91 Å². The van der Waals surface area contributed by atoms with Gasteiger partial charge in [-0.2, -0.15) is 5.10 Å². The van der Waals surface area contributed by atoms with Gasteiger partial charge in [-0.25, -0.2) is 5.48 Å². The Morgan fingerprint density at radius 1 is 1.69 bits per heavy atom. The molecule has 1 N–H and O–H groups in total. The summed E-state index contributed by atoms with van der Waals surface area (Å²) in [4.78, 5) is 17.1. The lowest BCUT2D eigenvalue weighted by atomic mass is 9.97. The largest absolute Gasteiger partial charge is 0.270 e. The predicted molar refractivity (Wildman–Crippen MR) is 58.4 cm³/mol. The number of hydrogen-bond donors (Lipinski definition) is 1. The summed E-state index contributed by atoms with van der Waals surface area (Å²) in [5.74, 6) is -0.127. The summed E-state index contributed by atoms with van der Waals surface area (Å²) in [7, 11) is 0. The summed E-state index contributed by atoms with van der Waals surface area (Å²) in [6, 6.07) is 1.53. The van der Waals surface area contributed by atoms with E-state index in [0.717, 1.165) is 12.8 Å². The third-order valence-electron chi connectivity index (χ3n) is 2.91. The first kappa shape index (κ1) is 11.1. The van der Waals surface area contributed by atoms with E-state index in [9.17, 15) is 4.79 Å². The minimum absolute atomic E-state index is 0.127. The van der Waals surface area contributed by atoms with Crippen molar-refractivity contribution in [1.82, 2.24) is 15.3 Å². The van der Waals surface area contributed by atoms with Gasteiger partial charge >= 0.3 is 0 Å². The van der Waals surface area contributed by atoms with Crippen molar-refractivity contribution in [3.63, 3.8) is 0 Å².